The Morgan fingerprint density at radius 1 is 1.11 bits per heavy atom. The lowest BCUT2D eigenvalue weighted by Crippen LogP contribution is -2.32. The zero-order valence-corrected chi connectivity index (χ0v) is 17.5. The van der Waals surface area contributed by atoms with Crippen molar-refractivity contribution in [1.29, 1.82) is 0 Å². The lowest BCUT2D eigenvalue weighted by molar-refractivity contribution is 0.0936. The normalized spacial score (nSPS) is 12.3. The Bertz CT molecular complexity index is 989. The van der Waals surface area contributed by atoms with Crippen LogP contribution >= 0.6 is 11.6 Å². The van der Waals surface area contributed by atoms with Gasteiger partial charge in [-0.25, -0.2) is 8.42 Å². The van der Waals surface area contributed by atoms with Gasteiger partial charge in [-0.1, -0.05) is 30.7 Å². The summed E-state index contributed by atoms with van der Waals surface area (Å²) in [4.78, 5) is 24.7. The topological polar surface area (TPSA) is 92.3 Å². The summed E-state index contributed by atoms with van der Waals surface area (Å²) in [6, 6.07) is 11.0. The molecule has 0 aliphatic rings. The molecular weight excluding hydrogens is 400 g/mol. The van der Waals surface area contributed by atoms with Crippen molar-refractivity contribution in [2.75, 3.05) is 6.26 Å². The molecule has 0 aliphatic carbocycles. The summed E-state index contributed by atoms with van der Waals surface area (Å²) in [7, 11) is -3.45. The molecule has 0 heterocycles. The van der Waals surface area contributed by atoms with Crippen molar-refractivity contribution in [3.63, 3.8) is 0 Å². The first-order valence-corrected chi connectivity index (χ1v) is 11.1. The zero-order valence-electron chi connectivity index (χ0n) is 16.0. The van der Waals surface area contributed by atoms with E-state index in [0.29, 0.717) is 5.56 Å². The first-order valence-electron chi connectivity index (χ1n) is 8.79. The van der Waals surface area contributed by atoms with Gasteiger partial charge in [0, 0.05) is 24.4 Å². The van der Waals surface area contributed by atoms with Gasteiger partial charge in [0.05, 0.1) is 15.5 Å². The van der Waals surface area contributed by atoms with Gasteiger partial charge in [-0.15, -0.1) is 0 Å². The van der Waals surface area contributed by atoms with E-state index in [1.807, 2.05) is 13.8 Å². The Kier molecular flexibility index (Phi) is 7.21. The minimum Gasteiger partial charge on any atom is -0.350 e. The van der Waals surface area contributed by atoms with Crippen LogP contribution in [0.3, 0.4) is 0 Å². The number of amides is 2. The van der Waals surface area contributed by atoms with E-state index in [2.05, 4.69) is 10.6 Å². The van der Waals surface area contributed by atoms with Gasteiger partial charge in [-0.05, 0) is 49.2 Å². The lowest BCUT2D eigenvalue weighted by Gasteiger charge is -2.12. The molecule has 6 nitrogen and oxygen atoms in total. The SMILES string of the molecule is CCC(C)NC(=O)c1cccc(CNC(=O)c2cc(S(C)(=O)=O)ccc2Cl)c1. The predicted molar refractivity (Wildman–Crippen MR) is 109 cm³/mol. The van der Waals surface area contributed by atoms with E-state index >= 15 is 0 Å². The Hall–Kier alpha value is -2.38. The van der Waals surface area contributed by atoms with Crippen molar-refractivity contribution in [3.8, 4) is 0 Å². The average molecular weight is 423 g/mol. The summed E-state index contributed by atoms with van der Waals surface area (Å²) in [6.45, 7) is 4.08. The highest BCUT2D eigenvalue weighted by Gasteiger charge is 2.16. The summed E-state index contributed by atoms with van der Waals surface area (Å²) in [6.07, 6.45) is 1.89. The third-order valence-corrected chi connectivity index (χ3v) is 5.68. The van der Waals surface area contributed by atoms with E-state index in [9.17, 15) is 18.0 Å². The monoisotopic (exact) mass is 422 g/mol. The summed E-state index contributed by atoms with van der Waals surface area (Å²) >= 11 is 6.04. The summed E-state index contributed by atoms with van der Waals surface area (Å²) in [5.74, 6) is -0.670. The van der Waals surface area contributed by atoms with Crippen LogP contribution in [0.4, 0.5) is 0 Å². The van der Waals surface area contributed by atoms with Crippen LogP contribution in [0.1, 0.15) is 46.5 Å². The molecule has 2 N–H and O–H groups in total. The highest BCUT2D eigenvalue weighted by atomic mass is 35.5. The Labute approximate surface area is 170 Å². The first kappa shape index (κ1) is 21.9. The third kappa shape index (κ3) is 5.81. The van der Waals surface area contributed by atoms with Gasteiger partial charge in [0.15, 0.2) is 9.84 Å². The van der Waals surface area contributed by atoms with E-state index < -0.39 is 15.7 Å². The molecule has 2 aromatic carbocycles. The summed E-state index contributed by atoms with van der Waals surface area (Å²) in [5.41, 5.74) is 1.32. The Balaban J connectivity index is 2.11. The Morgan fingerprint density at radius 3 is 2.46 bits per heavy atom. The molecule has 0 saturated heterocycles. The molecule has 2 amide bonds. The highest BCUT2D eigenvalue weighted by Crippen LogP contribution is 2.20. The highest BCUT2D eigenvalue weighted by molar-refractivity contribution is 7.90. The van der Waals surface area contributed by atoms with Crippen molar-refractivity contribution in [2.24, 2.45) is 0 Å². The number of sulfone groups is 1. The maximum absolute atomic E-state index is 12.5. The van der Waals surface area contributed by atoms with Crippen LogP contribution in [0.2, 0.25) is 5.02 Å². The number of benzene rings is 2. The van der Waals surface area contributed by atoms with Crippen molar-refractivity contribution in [3.05, 3.63) is 64.2 Å². The standard InChI is InChI=1S/C20H23ClN2O4S/c1-4-13(2)23-19(24)15-7-5-6-14(10-15)12-22-20(25)17-11-16(28(3,26)27)8-9-18(17)21/h5-11,13H,4,12H2,1-3H3,(H,22,25)(H,23,24). The van der Waals surface area contributed by atoms with Gasteiger partial charge >= 0.3 is 0 Å². The van der Waals surface area contributed by atoms with Gasteiger partial charge < -0.3 is 10.6 Å². The molecule has 1 unspecified atom stereocenters. The van der Waals surface area contributed by atoms with Gasteiger partial charge in [-0.3, -0.25) is 9.59 Å². The van der Waals surface area contributed by atoms with Crippen LogP contribution in [0.25, 0.3) is 0 Å². The van der Waals surface area contributed by atoms with E-state index in [1.54, 1.807) is 24.3 Å². The number of nitrogens with one attached hydrogen (secondary N) is 2. The molecule has 0 spiro atoms. The average Bonchev–Trinajstić information content (AvgIpc) is 2.65. The number of carbonyl (C=O) groups is 2. The fourth-order valence-corrected chi connectivity index (χ4v) is 3.27. The molecule has 8 heteroatoms. The second-order valence-electron chi connectivity index (χ2n) is 6.58. The number of carbonyl (C=O) groups excluding carboxylic acids is 2. The third-order valence-electron chi connectivity index (χ3n) is 4.24. The minimum absolute atomic E-state index is 0.0192. The number of rotatable bonds is 7. The van der Waals surface area contributed by atoms with Crippen molar-refractivity contribution in [1.82, 2.24) is 10.6 Å². The van der Waals surface area contributed by atoms with Crippen LogP contribution in [0, 0.1) is 0 Å². The van der Waals surface area contributed by atoms with Crippen LogP contribution in [-0.4, -0.2) is 32.5 Å². The van der Waals surface area contributed by atoms with Crippen LogP contribution in [0.5, 0.6) is 0 Å². The molecular formula is C20H23ClN2O4S. The molecule has 0 fully saturated rings. The molecule has 2 rings (SSSR count). The van der Waals surface area contributed by atoms with E-state index in [0.717, 1.165) is 18.2 Å². The quantitative estimate of drug-likeness (QED) is 0.716. The second kappa shape index (κ2) is 9.21. The number of hydrogen-bond donors (Lipinski definition) is 2. The van der Waals surface area contributed by atoms with Gasteiger partial charge in [-0.2, -0.15) is 0 Å². The largest absolute Gasteiger partial charge is 0.350 e. The smallest absolute Gasteiger partial charge is 0.253 e. The molecule has 2 aromatic rings. The second-order valence-corrected chi connectivity index (χ2v) is 9.00. The van der Waals surface area contributed by atoms with Crippen LogP contribution in [-0.2, 0) is 16.4 Å². The minimum atomic E-state index is -3.45. The number of hydrogen-bond acceptors (Lipinski definition) is 4. The molecule has 0 bridgehead atoms. The maximum atomic E-state index is 12.5. The van der Waals surface area contributed by atoms with Crippen LogP contribution < -0.4 is 10.6 Å². The van der Waals surface area contributed by atoms with Gasteiger partial charge in [0.25, 0.3) is 11.8 Å². The fraction of sp³-hybridized carbons (Fsp3) is 0.300. The first-order chi connectivity index (χ1) is 13.1. The summed E-state index contributed by atoms with van der Waals surface area (Å²) < 4.78 is 23.4. The number of halogens is 1. The molecule has 1 atom stereocenters. The molecule has 0 aliphatic heterocycles. The van der Waals surface area contributed by atoms with Crippen molar-refractivity contribution in [2.45, 2.75) is 37.8 Å². The molecule has 0 radical (unpaired) electrons. The molecule has 28 heavy (non-hydrogen) atoms. The van der Waals surface area contributed by atoms with E-state index in [1.165, 1.54) is 18.2 Å². The molecule has 0 saturated carbocycles. The molecule has 0 aromatic heterocycles. The van der Waals surface area contributed by atoms with Gasteiger partial charge in [0.1, 0.15) is 0 Å². The maximum Gasteiger partial charge on any atom is 0.253 e. The summed E-state index contributed by atoms with van der Waals surface area (Å²) in [5, 5.41) is 5.75. The van der Waals surface area contributed by atoms with E-state index in [-0.39, 0.29) is 34.0 Å². The Morgan fingerprint density at radius 2 is 1.82 bits per heavy atom. The van der Waals surface area contributed by atoms with E-state index in [4.69, 9.17) is 11.6 Å². The van der Waals surface area contributed by atoms with Gasteiger partial charge in [0.2, 0.25) is 0 Å². The van der Waals surface area contributed by atoms with Crippen LogP contribution in [0.15, 0.2) is 47.4 Å². The predicted octanol–water partition coefficient (Wildman–Crippen LogP) is 3.20. The fourth-order valence-electron chi connectivity index (χ4n) is 2.42. The zero-order chi connectivity index (χ0) is 20.9. The van der Waals surface area contributed by atoms with Crippen molar-refractivity contribution < 1.29 is 18.0 Å². The molecule has 150 valence electrons. The lowest BCUT2D eigenvalue weighted by atomic mass is 10.1. The van der Waals surface area contributed by atoms with Crippen molar-refractivity contribution >= 4 is 33.3 Å².